The van der Waals surface area contributed by atoms with Crippen LogP contribution >= 0.6 is 0 Å². The third-order valence-corrected chi connectivity index (χ3v) is 3.10. The maximum Gasteiger partial charge on any atom is 0.128 e. The molecule has 1 aromatic carbocycles. The van der Waals surface area contributed by atoms with Gasteiger partial charge in [-0.3, -0.25) is 0 Å². The Morgan fingerprint density at radius 2 is 1.86 bits per heavy atom. The quantitative estimate of drug-likeness (QED) is 0.844. The maximum absolute atomic E-state index is 5.57. The third kappa shape index (κ3) is 4.67. The Balaban J connectivity index is 1.87. The molecular formula is C17H23N3O. The Bertz CT molecular complexity index is 535. The predicted molar refractivity (Wildman–Crippen MR) is 88.1 cm³/mol. The standard InChI is InChI=1S/C17H23N3O/c1-4-11-21-16-8-5-14(6-9-16)12-18-15-7-10-17(19-13-15)20(2)3/h5-10,13,18H,4,11-12H2,1-3H3. The highest BCUT2D eigenvalue weighted by atomic mass is 16.5. The molecule has 4 heteroatoms. The second-order valence-corrected chi connectivity index (χ2v) is 5.15. The van der Waals surface area contributed by atoms with E-state index >= 15 is 0 Å². The number of rotatable bonds is 7. The van der Waals surface area contributed by atoms with E-state index in [0.717, 1.165) is 36.8 Å². The van der Waals surface area contributed by atoms with E-state index in [1.54, 1.807) is 0 Å². The van der Waals surface area contributed by atoms with Crippen molar-refractivity contribution in [2.24, 2.45) is 0 Å². The average molecular weight is 285 g/mol. The molecule has 2 aromatic rings. The van der Waals surface area contributed by atoms with Crippen LogP contribution in [0.15, 0.2) is 42.6 Å². The minimum Gasteiger partial charge on any atom is -0.494 e. The van der Waals surface area contributed by atoms with Crippen LogP contribution in [0.4, 0.5) is 11.5 Å². The van der Waals surface area contributed by atoms with Crippen LogP contribution in [-0.2, 0) is 6.54 Å². The molecule has 0 radical (unpaired) electrons. The fourth-order valence-electron chi connectivity index (χ4n) is 1.88. The fraction of sp³-hybridized carbons (Fsp3) is 0.353. The SMILES string of the molecule is CCCOc1ccc(CNc2ccc(N(C)C)nc2)cc1. The zero-order chi connectivity index (χ0) is 15.1. The molecule has 1 heterocycles. The zero-order valence-electron chi connectivity index (χ0n) is 13.0. The van der Waals surface area contributed by atoms with Crippen molar-refractivity contribution in [2.75, 3.05) is 30.9 Å². The van der Waals surface area contributed by atoms with Crippen molar-refractivity contribution < 1.29 is 4.74 Å². The third-order valence-electron chi connectivity index (χ3n) is 3.10. The van der Waals surface area contributed by atoms with Gasteiger partial charge >= 0.3 is 0 Å². The number of anilines is 2. The summed E-state index contributed by atoms with van der Waals surface area (Å²) in [5.41, 5.74) is 2.24. The summed E-state index contributed by atoms with van der Waals surface area (Å²) >= 11 is 0. The molecule has 0 spiro atoms. The molecule has 1 aromatic heterocycles. The van der Waals surface area contributed by atoms with Crippen molar-refractivity contribution in [3.63, 3.8) is 0 Å². The summed E-state index contributed by atoms with van der Waals surface area (Å²) in [6.07, 6.45) is 2.88. The van der Waals surface area contributed by atoms with E-state index in [2.05, 4.69) is 29.4 Å². The van der Waals surface area contributed by atoms with Gasteiger partial charge in [0, 0.05) is 20.6 Å². The highest BCUT2D eigenvalue weighted by Crippen LogP contribution is 2.15. The van der Waals surface area contributed by atoms with Gasteiger partial charge in [0.15, 0.2) is 0 Å². The average Bonchev–Trinajstić information content (AvgIpc) is 2.52. The number of hydrogen-bond acceptors (Lipinski definition) is 4. The van der Waals surface area contributed by atoms with Crippen LogP contribution in [0.1, 0.15) is 18.9 Å². The molecule has 0 saturated carbocycles. The smallest absolute Gasteiger partial charge is 0.128 e. The Morgan fingerprint density at radius 3 is 2.43 bits per heavy atom. The van der Waals surface area contributed by atoms with Gasteiger partial charge in [0.1, 0.15) is 11.6 Å². The molecule has 0 fully saturated rings. The summed E-state index contributed by atoms with van der Waals surface area (Å²) in [7, 11) is 3.97. The van der Waals surface area contributed by atoms with Gasteiger partial charge in [-0.05, 0) is 36.2 Å². The van der Waals surface area contributed by atoms with Crippen molar-refractivity contribution >= 4 is 11.5 Å². The summed E-state index contributed by atoms with van der Waals surface area (Å²) in [6, 6.07) is 12.2. The topological polar surface area (TPSA) is 37.4 Å². The molecule has 2 rings (SSSR count). The lowest BCUT2D eigenvalue weighted by Crippen LogP contribution is -2.10. The summed E-state index contributed by atoms with van der Waals surface area (Å²) in [5.74, 6) is 1.88. The molecule has 0 atom stereocenters. The van der Waals surface area contributed by atoms with Crippen LogP contribution in [0.25, 0.3) is 0 Å². The minimum absolute atomic E-state index is 0.765. The van der Waals surface area contributed by atoms with E-state index in [1.807, 2.05) is 49.5 Å². The van der Waals surface area contributed by atoms with Gasteiger partial charge in [-0.2, -0.15) is 0 Å². The van der Waals surface area contributed by atoms with Gasteiger partial charge in [0.2, 0.25) is 0 Å². The first-order chi connectivity index (χ1) is 10.2. The van der Waals surface area contributed by atoms with Gasteiger partial charge in [0.25, 0.3) is 0 Å². The molecule has 4 nitrogen and oxygen atoms in total. The van der Waals surface area contributed by atoms with Gasteiger partial charge in [0.05, 0.1) is 18.5 Å². The van der Waals surface area contributed by atoms with Crippen LogP contribution < -0.4 is 15.0 Å². The van der Waals surface area contributed by atoms with Crippen LogP contribution in [0.2, 0.25) is 0 Å². The fourth-order valence-corrected chi connectivity index (χ4v) is 1.88. The first-order valence-electron chi connectivity index (χ1n) is 7.28. The molecule has 112 valence electrons. The monoisotopic (exact) mass is 285 g/mol. The Labute approximate surface area is 126 Å². The van der Waals surface area contributed by atoms with Crippen molar-refractivity contribution in [1.82, 2.24) is 4.98 Å². The van der Waals surface area contributed by atoms with Crippen molar-refractivity contribution in [3.8, 4) is 5.75 Å². The van der Waals surface area contributed by atoms with Gasteiger partial charge in [-0.25, -0.2) is 4.98 Å². The van der Waals surface area contributed by atoms with Crippen molar-refractivity contribution in [2.45, 2.75) is 19.9 Å². The lowest BCUT2D eigenvalue weighted by molar-refractivity contribution is 0.317. The molecule has 0 aliphatic carbocycles. The minimum atomic E-state index is 0.765. The predicted octanol–water partition coefficient (Wildman–Crippen LogP) is 3.55. The molecule has 0 aliphatic rings. The molecule has 0 amide bonds. The number of benzene rings is 1. The van der Waals surface area contributed by atoms with Crippen LogP contribution in [0, 0.1) is 0 Å². The number of nitrogens with one attached hydrogen (secondary N) is 1. The van der Waals surface area contributed by atoms with Crippen molar-refractivity contribution in [1.29, 1.82) is 0 Å². The Hall–Kier alpha value is -2.23. The van der Waals surface area contributed by atoms with Gasteiger partial charge < -0.3 is 15.0 Å². The first-order valence-corrected chi connectivity index (χ1v) is 7.28. The summed E-state index contributed by atoms with van der Waals surface area (Å²) < 4.78 is 5.57. The largest absolute Gasteiger partial charge is 0.494 e. The summed E-state index contributed by atoms with van der Waals surface area (Å²) in [4.78, 5) is 6.37. The molecule has 0 bridgehead atoms. The van der Waals surface area contributed by atoms with Crippen molar-refractivity contribution in [3.05, 3.63) is 48.2 Å². The zero-order valence-corrected chi connectivity index (χ0v) is 13.0. The first kappa shape index (κ1) is 15.2. The Kier molecular flexibility index (Phi) is 5.43. The summed E-state index contributed by atoms with van der Waals surface area (Å²) in [6.45, 7) is 3.65. The lowest BCUT2D eigenvalue weighted by Gasteiger charge is -2.12. The van der Waals surface area contributed by atoms with E-state index in [1.165, 1.54) is 5.56 Å². The number of aromatic nitrogens is 1. The second-order valence-electron chi connectivity index (χ2n) is 5.15. The normalized spacial score (nSPS) is 10.2. The molecule has 1 N–H and O–H groups in total. The molecule has 0 saturated heterocycles. The van der Waals surface area contributed by atoms with Gasteiger partial charge in [-0.15, -0.1) is 0 Å². The molecule has 0 unspecified atom stereocenters. The van der Waals surface area contributed by atoms with E-state index in [-0.39, 0.29) is 0 Å². The van der Waals surface area contributed by atoms with Crippen LogP contribution in [0.5, 0.6) is 5.75 Å². The number of hydrogen-bond donors (Lipinski definition) is 1. The van der Waals surface area contributed by atoms with E-state index in [4.69, 9.17) is 4.74 Å². The van der Waals surface area contributed by atoms with E-state index in [0.29, 0.717) is 0 Å². The van der Waals surface area contributed by atoms with E-state index < -0.39 is 0 Å². The second kappa shape index (κ2) is 7.53. The number of pyridine rings is 1. The van der Waals surface area contributed by atoms with Crippen LogP contribution in [0.3, 0.4) is 0 Å². The molecule has 0 aliphatic heterocycles. The Morgan fingerprint density at radius 1 is 1.10 bits per heavy atom. The number of ether oxygens (including phenoxy) is 1. The molecular weight excluding hydrogens is 262 g/mol. The summed E-state index contributed by atoms with van der Waals surface area (Å²) in [5, 5.41) is 3.37. The highest BCUT2D eigenvalue weighted by Gasteiger charge is 1.99. The molecule has 21 heavy (non-hydrogen) atoms. The lowest BCUT2D eigenvalue weighted by atomic mass is 10.2. The van der Waals surface area contributed by atoms with Crippen LogP contribution in [-0.4, -0.2) is 25.7 Å². The van der Waals surface area contributed by atoms with E-state index in [9.17, 15) is 0 Å². The number of nitrogens with zero attached hydrogens (tertiary/aromatic N) is 2. The highest BCUT2D eigenvalue weighted by molar-refractivity contribution is 5.48. The maximum atomic E-state index is 5.57. The van der Waals surface area contributed by atoms with Gasteiger partial charge in [-0.1, -0.05) is 19.1 Å².